The second-order valence-corrected chi connectivity index (χ2v) is 4.63. The highest BCUT2D eigenvalue weighted by Crippen LogP contribution is 2.24. The summed E-state index contributed by atoms with van der Waals surface area (Å²) in [7, 11) is 0. The van der Waals surface area contributed by atoms with E-state index < -0.39 is 0 Å². The molecule has 1 N–H and O–H groups in total. The molecular formula is C12H17N3O. The van der Waals surface area contributed by atoms with E-state index in [1.54, 1.807) is 6.20 Å². The molecule has 2 unspecified atom stereocenters. The Morgan fingerprint density at radius 3 is 2.75 bits per heavy atom. The lowest BCUT2D eigenvalue weighted by Gasteiger charge is -2.11. The molecule has 1 aliphatic carbocycles. The molecule has 2 atom stereocenters. The molecule has 1 aromatic heterocycles. The van der Waals surface area contributed by atoms with Crippen LogP contribution in [0.1, 0.15) is 42.4 Å². The Kier molecular flexibility index (Phi) is 3.17. The molecule has 0 aromatic carbocycles. The van der Waals surface area contributed by atoms with Crippen LogP contribution in [0.5, 0.6) is 0 Å². The Morgan fingerprint density at radius 2 is 2.19 bits per heavy atom. The van der Waals surface area contributed by atoms with Gasteiger partial charge in [-0.25, -0.2) is 4.98 Å². The van der Waals surface area contributed by atoms with E-state index in [0.717, 1.165) is 24.5 Å². The van der Waals surface area contributed by atoms with Gasteiger partial charge in [-0.15, -0.1) is 0 Å². The van der Waals surface area contributed by atoms with Crippen molar-refractivity contribution in [2.24, 2.45) is 5.92 Å². The fourth-order valence-electron chi connectivity index (χ4n) is 2.11. The average Bonchev–Trinajstić information content (AvgIpc) is 2.65. The Balaban J connectivity index is 1.95. The van der Waals surface area contributed by atoms with Gasteiger partial charge in [-0.3, -0.25) is 9.78 Å². The van der Waals surface area contributed by atoms with Crippen molar-refractivity contribution in [1.29, 1.82) is 0 Å². The summed E-state index contributed by atoms with van der Waals surface area (Å²) in [6.07, 6.45) is 6.50. The normalized spacial score (nSPS) is 24.4. The molecule has 0 aliphatic heterocycles. The quantitative estimate of drug-likeness (QED) is 0.823. The zero-order valence-electron chi connectivity index (χ0n) is 9.73. The number of aromatic nitrogens is 2. The molecule has 1 fully saturated rings. The Labute approximate surface area is 95.5 Å². The fourth-order valence-corrected chi connectivity index (χ4v) is 2.11. The molecule has 1 amide bonds. The highest BCUT2D eigenvalue weighted by atomic mass is 16.1. The Hall–Kier alpha value is -1.45. The maximum atomic E-state index is 11.8. The highest BCUT2D eigenvalue weighted by Gasteiger charge is 2.23. The molecular weight excluding hydrogens is 202 g/mol. The van der Waals surface area contributed by atoms with Crippen LogP contribution in [0.15, 0.2) is 12.4 Å². The third-order valence-electron chi connectivity index (χ3n) is 3.04. The second kappa shape index (κ2) is 4.60. The Morgan fingerprint density at radius 1 is 1.38 bits per heavy atom. The number of hydrogen-bond donors (Lipinski definition) is 1. The first-order valence-corrected chi connectivity index (χ1v) is 5.74. The number of nitrogens with zero attached hydrogens (tertiary/aromatic N) is 2. The lowest BCUT2D eigenvalue weighted by atomic mass is 10.1. The van der Waals surface area contributed by atoms with E-state index in [1.807, 2.05) is 6.92 Å². The summed E-state index contributed by atoms with van der Waals surface area (Å²) in [5.74, 6) is 0.612. The minimum absolute atomic E-state index is 0.105. The molecule has 0 radical (unpaired) electrons. The topological polar surface area (TPSA) is 54.9 Å². The van der Waals surface area contributed by atoms with Gasteiger partial charge in [-0.05, 0) is 32.1 Å². The number of hydrogen-bond acceptors (Lipinski definition) is 3. The van der Waals surface area contributed by atoms with Crippen molar-refractivity contribution in [3.05, 3.63) is 23.8 Å². The van der Waals surface area contributed by atoms with Crippen LogP contribution in [0.2, 0.25) is 0 Å². The van der Waals surface area contributed by atoms with Gasteiger partial charge in [0.25, 0.3) is 5.91 Å². The molecule has 1 aliphatic rings. The summed E-state index contributed by atoms with van der Waals surface area (Å²) in [6.45, 7) is 4.07. The maximum absolute atomic E-state index is 11.8. The van der Waals surface area contributed by atoms with Gasteiger partial charge >= 0.3 is 0 Å². The van der Waals surface area contributed by atoms with Crippen molar-refractivity contribution in [2.75, 3.05) is 0 Å². The van der Waals surface area contributed by atoms with Gasteiger partial charge in [-0.2, -0.15) is 0 Å². The summed E-state index contributed by atoms with van der Waals surface area (Å²) < 4.78 is 0. The number of nitrogens with one attached hydrogen (secondary N) is 1. The number of aryl methyl sites for hydroxylation is 1. The lowest BCUT2D eigenvalue weighted by Crippen LogP contribution is -2.33. The number of carbonyl (C=O) groups is 1. The van der Waals surface area contributed by atoms with Crippen LogP contribution in [0.25, 0.3) is 0 Å². The molecule has 1 heterocycles. The summed E-state index contributed by atoms with van der Waals surface area (Å²) in [5, 5.41) is 3.00. The molecule has 1 aromatic rings. The zero-order chi connectivity index (χ0) is 11.5. The van der Waals surface area contributed by atoms with Crippen LogP contribution in [-0.4, -0.2) is 21.9 Å². The van der Waals surface area contributed by atoms with Gasteiger partial charge in [0.15, 0.2) is 0 Å². The van der Waals surface area contributed by atoms with Crippen LogP contribution in [-0.2, 0) is 0 Å². The zero-order valence-corrected chi connectivity index (χ0v) is 9.73. The van der Waals surface area contributed by atoms with Crippen molar-refractivity contribution in [2.45, 2.75) is 39.2 Å². The minimum atomic E-state index is -0.105. The largest absolute Gasteiger partial charge is 0.348 e. The molecule has 4 nitrogen and oxygen atoms in total. The van der Waals surface area contributed by atoms with Gasteiger partial charge in [0.1, 0.15) is 5.69 Å². The van der Waals surface area contributed by atoms with Crippen molar-refractivity contribution in [1.82, 2.24) is 15.3 Å². The molecule has 86 valence electrons. The van der Waals surface area contributed by atoms with Crippen molar-refractivity contribution >= 4 is 5.91 Å². The third kappa shape index (κ3) is 2.56. The van der Waals surface area contributed by atoms with Crippen LogP contribution in [0.3, 0.4) is 0 Å². The number of carbonyl (C=O) groups excluding carboxylic acids is 1. The van der Waals surface area contributed by atoms with E-state index in [-0.39, 0.29) is 5.91 Å². The van der Waals surface area contributed by atoms with Gasteiger partial charge in [0.05, 0.1) is 11.9 Å². The van der Waals surface area contributed by atoms with Crippen molar-refractivity contribution < 1.29 is 4.79 Å². The summed E-state index contributed by atoms with van der Waals surface area (Å²) >= 11 is 0. The second-order valence-electron chi connectivity index (χ2n) is 4.63. The Bertz CT molecular complexity index is 374. The van der Waals surface area contributed by atoms with E-state index in [9.17, 15) is 4.79 Å². The third-order valence-corrected chi connectivity index (χ3v) is 3.04. The first-order chi connectivity index (χ1) is 7.65. The van der Waals surface area contributed by atoms with Gasteiger partial charge in [-0.1, -0.05) is 6.92 Å². The van der Waals surface area contributed by atoms with E-state index in [4.69, 9.17) is 0 Å². The summed E-state index contributed by atoms with van der Waals surface area (Å²) in [5.41, 5.74) is 1.23. The monoisotopic (exact) mass is 219 g/mol. The lowest BCUT2D eigenvalue weighted by molar-refractivity contribution is 0.0932. The van der Waals surface area contributed by atoms with E-state index in [0.29, 0.717) is 11.7 Å². The van der Waals surface area contributed by atoms with Crippen LogP contribution >= 0.6 is 0 Å². The molecule has 2 rings (SSSR count). The summed E-state index contributed by atoms with van der Waals surface area (Å²) in [4.78, 5) is 19.9. The van der Waals surface area contributed by atoms with Crippen LogP contribution < -0.4 is 5.32 Å². The van der Waals surface area contributed by atoms with Crippen LogP contribution in [0.4, 0.5) is 0 Å². The molecule has 16 heavy (non-hydrogen) atoms. The summed E-state index contributed by atoms with van der Waals surface area (Å²) in [6, 6.07) is 0.311. The molecule has 0 bridgehead atoms. The van der Waals surface area contributed by atoms with Gasteiger partial charge < -0.3 is 5.32 Å². The first kappa shape index (κ1) is 11.0. The van der Waals surface area contributed by atoms with E-state index in [1.165, 1.54) is 12.6 Å². The molecule has 0 spiro atoms. The van der Waals surface area contributed by atoms with E-state index >= 15 is 0 Å². The molecule has 0 saturated heterocycles. The number of rotatable bonds is 2. The predicted molar refractivity (Wildman–Crippen MR) is 61.0 cm³/mol. The molecule has 1 saturated carbocycles. The molecule has 4 heteroatoms. The number of amides is 1. The van der Waals surface area contributed by atoms with Crippen LogP contribution in [0, 0.1) is 12.8 Å². The average molecular weight is 219 g/mol. The smallest absolute Gasteiger partial charge is 0.271 e. The van der Waals surface area contributed by atoms with Crippen molar-refractivity contribution in [3.8, 4) is 0 Å². The van der Waals surface area contributed by atoms with Crippen molar-refractivity contribution in [3.63, 3.8) is 0 Å². The maximum Gasteiger partial charge on any atom is 0.271 e. The van der Waals surface area contributed by atoms with E-state index in [2.05, 4.69) is 22.2 Å². The fraction of sp³-hybridized carbons (Fsp3) is 0.583. The standard InChI is InChI=1S/C12H17N3O/c1-8-3-4-10(5-8)15-12(16)11-7-13-9(2)6-14-11/h6-8,10H,3-5H2,1-2H3,(H,15,16). The highest BCUT2D eigenvalue weighted by molar-refractivity contribution is 5.92. The van der Waals surface area contributed by atoms with Gasteiger partial charge in [0, 0.05) is 12.2 Å². The minimum Gasteiger partial charge on any atom is -0.348 e. The predicted octanol–water partition coefficient (Wildman–Crippen LogP) is 1.70. The first-order valence-electron chi connectivity index (χ1n) is 5.74. The van der Waals surface area contributed by atoms with Gasteiger partial charge in [0.2, 0.25) is 0 Å². The SMILES string of the molecule is Cc1cnc(C(=O)NC2CCC(C)C2)cn1.